The number of carbonyl (C=O) groups excluding carboxylic acids is 1. The summed E-state index contributed by atoms with van der Waals surface area (Å²) in [6, 6.07) is 5.74. The first-order valence-electron chi connectivity index (χ1n) is 6.99. The summed E-state index contributed by atoms with van der Waals surface area (Å²) < 4.78 is 25.4. The molecule has 22 heavy (non-hydrogen) atoms. The van der Waals surface area contributed by atoms with Crippen molar-refractivity contribution in [1.82, 2.24) is 10.0 Å². The molecule has 1 unspecified atom stereocenters. The summed E-state index contributed by atoms with van der Waals surface area (Å²) in [5, 5.41) is 2.86. The van der Waals surface area contributed by atoms with Crippen LogP contribution in [0.5, 0.6) is 0 Å². The zero-order valence-electron chi connectivity index (χ0n) is 12.8. The van der Waals surface area contributed by atoms with E-state index in [0.29, 0.717) is 12.1 Å². The van der Waals surface area contributed by atoms with Gasteiger partial charge in [-0.1, -0.05) is 19.8 Å². The van der Waals surface area contributed by atoms with Crippen molar-refractivity contribution in [2.24, 2.45) is 5.73 Å². The maximum absolute atomic E-state index is 12.1. The van der Waals surface area contributed by atoms with Gasteiger partial charge < -0.3 is 11.1 Å². The maximum atomic E-state index is 12.1. The van der Waals surface area contributed by atoms with E-state index >= 15 is 0 Å². The summed E-state index contributed by atoms with van der Waals surface area (Å²) in [6.45, 7) is 2.47. The molecule has 0 saturated heterocycles. The van der Waals surface area contributed by atoms with Crippen LogP contribution in [0.2, 0.25) is 0 Å². The lowest BCUT2D eigenvalue weighted by Gasteiger charge is -2.16. The Morgan fingerprint density at radius 2 is 1.86 bits per heavy atom. The van der Waals surface area contributed by atoms with Gasteiger partial charge in [-0.15, -0.1) is 12.4 Å². The van der Waals surface area contributed by atoms with Gasteiger partial charge in [-0.2, -0.15) is 0 Å². The fourth-order valence-corrected chi connectivity index (χ4v) is 2.60. The third kappa shape index (κ3) is 5.92. The highest BCUT2D eigenvalue weighted by Crippen LogP contribution is 2.10. The van der Waals surface area contributed by atoms with Gasteiger partial charge in [0.2, 0.25) is 10.0 Å². The second-order valence-electron chi connectivity index (χ2n) is 4.78. The lowest BCUT2D eigenvalue weighted by atomic mass is 10.1. The topological polar surface area (TPSA) is 101 Å². The van der Waals surface area contributed by atoms with Gasteiger partial charge in [0.25, 0.3) is 5.91 Å². The number of hydrogen-bond donors (Lipinski definition) is 3. The first-order chi connectivity index (χ1) is 9.94. The largest absolute Gasteiger partial charge is 0.348 e. The van der Waals surface area contributed by atoms with Crippen LogP contribution in [-0.2, 0) is 10.0 Å². The minimum Gasteiger partial charge on any atom is -0.348 e. The fourth-order valence-electron chi connectivity index (χ4n) is 1.87. The van der Waals surface area contributed by atoms with E-state index in [-0.39, 0.29) is 29.3 Å². The quantitative estimate of drug-likeness (QED) is 0.657. The third-order valence-electron chi connectivity index (χ3n) is 3.22. The molecule has 0 fully saturated rings. The second kappa shape index (κ2) is 9.78. The van der Waals surface area contributed by atoms with E-state index in [1.54, 1.807) is 0 Å². The molecule has 0 aliphatic heterocycles. The molecule has 1 aromatic carbocycles. The molecule has 0 radical (unpaired) electrons. The average molecular weight is 350 g/mol. The van der Waals surface area contributed by atoms with E-state index in [0.717, 1.165) is 19.3 Å². The van der Waals surface area contributed by atoms with Crippen molar-refractivity contribution in [1.29, 1.82) is 0 Å². The fraction of sp³-hybridized carbons (Fsp3) is 0.500. The minimum absolute atomic E-state index is 0. The molecule has 6 nitrogen and oxygen atoms in total. The Labute approximate surface area is 138 Å². The molecule has 0 spiro atoms. The van der Waals surface area contributed by atoms with E-state index in [9.17, 15) is 13.2 Å². The van der Waals surface area contributed by atoms with E-state index in [2.05, 4.69) is 17.0 Å². The molecule has 1 rings (SSSR count). The van der Waals surface area contributed by atoms with Gasteiger partial charge in [0.1, 0.15) is 0 Å². The van der Waals surface area contributed by atoms with Crippen molar-refractivity contribution in [2.45, 2.75) is 37.1 Å². The molecule has 4 N–H and O–H groups in total. The second-order valence-corrected chi connectivity index (χ2v) is 6.67. The van der Waals surface area contributed by atoms with Gasteiger partial charge in [0.15, 0.2) is 0 Å². The number of sulfonamides is 1. The van der Waals surface area contributed by atoms with Crippen molar-refractivity contribution in [3.05, 3.63) is 29.8 Å². The highest BCUT2D eigenvalue weighted by Gasteiger charge is 2.14. The lowest BCUT2D eigenvalue weighted by molar-refractivity contribution is 0.0935. The summed E-state index contributed by atoms with van der Waals surface area (Å²) in [7, 11) is -2.14. The number of nitrogens with two attached hydrogens (primary N) is 1. The van der Waals surface area contributed by atoms with Crippen molar-refractivity contribution in [2.75, 3.05) is 13.6 Å². The summed E-state index contributed by atoms with van der Waals surface area (Å²) in [6.07, 6.45) is 2.88. The van der Waals surface area contributed by atoms with Crippen LogP contribution in [0.4, 0.5) is 0 Å². The summed E-state index contributed by atoms with van der Waals surface area (Å²) in [5.74, 6) is -0.241. The Morgan fingerprint density at radius 3 is 2.32 bits per heavy atom. The maximum Gasteiger partial charge on any atom is 0.251 e. The number of rotatable bonds is 8. The van der Waals surface area contributed by atoms with Crippen LogP contribution in [0.1, 0.15) is 36.5 Å². The third-order valence-corrected chi connectivity index (χ3v) is 4.65. The molecule has 126 valence electrons. The molecular weight excluding hydrogens is 326 g/mol. The Kier molecular flexibility index (Phi) is 9.27. The first-order valence-corrected chi connectivity index (χ1v) is 8.47. The minimum atomic E-state index is -3.48. The highest BCUT2D eigenvalue weighted by molar-refractivity contribution is 7.89. The number of halogens is 1. The lowest BCUT2D eigenvalue weighted by Crippen LogP contribution is -2.40. The molecule has 0 aliphatic rings. The molecule has 1 atom stereocenters. The Hall–Kier alpha value is -1.15. The van der Waals surface area contributed by atoms with Gasteiger partial charge in [0, 0.05) is 18.2 Å². The Bertz CT molecular complexity index is 561. The summed E-state index contributed by atoms with van der Waals surface area (Å²) >= 11 is 0. The van der Waals surface area contributed by atoms with Crippen LogP contribution in [0.15, 0.2) is 29.2 Å². The number of hydrogen-bond acceptors (Lipinski definition) is 4. The number of benzene rings is 1. The molecule has 0 aliphatic carbocycles. The molecule has 0 saturated carbocycles. The van der Waals surface area contributed by atoms with Gasteiger partial charge in [0.05, 0.1) is 4.90 Å². The zero-order valence-corrected chi connectivity index (χ0v) is 14.5. The number of carbonyl (C=O) groups is 1. The van der Waals surface area contributed by atoms with Crippen LogP contribution >= 0.6 is 12.4 Å². The average Bonchev–Trinajstić information content (AvgIpc) is 2.51. The first kappa shape index (κ1) is 20.9. The van der Waals surface area contributed by atoms with Crippen LogP contribution in [0.3, 0.4) is 0 Å². The molecule has 1 amide bonds. The van der Waals surface area contributed by atoms with E-state index < -0.39 is 10.0 Å². The smallest absolute Gasteiger partial charge is 0.251 e. The summed E-state index contributed by atoms with van der Waals surface area (Å²) in [5.41, 5.74) is 6.05. The Morgan fingerprint density at radius 1 is 1.27 bits per heavy atom. The molecular formula is C14H24ClN3O3S. The molecule has 0 heterocycles. The van der Waals surface area contributed by atoms with Crippen molar-refractivity contribution in [3.63, 3.8) is 0 Å². The van der Waals surface area contributed by atoms with Crippen LogP contribution in [0.25, 0.3) is 0 Å². The van der Waals surface area contributed by atoms with E-state index in [1.165, 1.54) is 31.3 Å². The SMILES string of the molecule is CCCCC(CN)NC(=O)c1ccc(S(=O)(=O)NC)cc1.Cl. The summed E-state index contributed by atoms with van der Waals surface area (Å²) in [4.78, 5) is 12.2. The Balaban J connectivity index is 0.00000441. The molecule has 0 aromatic heterocycles. The van der Waals surface area contributed by atoms with Gasteiger partial charge >= 0.3 is 0 Å². The predicted octanol–water partition coefficient (Wildman–Crippen LogP) is 1.26. The standard InChI is InChI=1S/C14H23N3O3S.ClH/c1-3-4-5-12(10-15)17-14(18)11-6-8-13(9-7-11)21(19,20)16-2;/h6-9,12,16H,3-5,10,15H2,1-2H3,(H,17,18);1H. The van der Waals surface area contributed by atoms with Crippen molar-refractivity contribution in [3.8, 4) is 0 Å². The normalized spacial score (nSPS) is 12.3. The highest BCUT2D eigenvalue weighted by atomic mass is 35.5. The predicted molar refractivity (Wildman–Crippen MR) is 89.8 cm³/mol. The zero-order chi connectivity index (χ0) is 15.9. The van der Waals surface area contributed by atoms with Gasteiger partial charge in [-0.3, -0.25) is 4.79 Å². The van der Waals surface area contributed by atoms with Gasteiger partial charge in [-0.05, 0) is 37.7 Å². The number of nitrogens with one attached hydrogen (secondary N) is 2. The van der Waals surface area contributed by atoms with Crippen molar-refractivity contribution < 1.29 is 13.2 Å². The number of amides is 1. The van der Waals surface area contributed by atoms with Gasteiger partial charge in [-0.25, -0.2) is 13.1 Å². The van der Waals surface area contributed by atoms with E-state index in [4.69, 9.17) is 5.73 Å². The molecule has 0 bridgehead atoms. The number of unbranched alkanes of at least 4 members (excludes halogenated alkanes) is 1. The van der Waals surface area contributed by atoms with Crippen LogP contribution in [0, 0.1) is 0 Å². The molecule has 8 heteroatoms. The van der Waals surface area contributed by atoms with Crippen LogP contribution in [-0.4, -0.2) is 34.0 Å². The monoisotopic (exact) mass is 349 g/mol. The van der Waals surface area contributed by atoms with Crippen molar-refractivity contribution >= 4 is 28.3 Å². The van der Waals surface area contributed by atoms with Crippen LogP contribution < -0.4 is 15.8 Å². The van der Waals surface area contributed by atoms with E-state index in [1.807, 2.05) is 0 Å². The molecule has 1 aromatic rings.